The van der Waals surface area contributed by atoms with Crippen LogP contribution in [-0.2, 0) is 12.8 Å². The standard InChI is InChI=1S/C17H20/c1-14-8-6-12-17(15(14)2)13-7-11-16-9-4-3-5-10-16/h3-6,8-10,12H,7,11,13H2,1-2H3. The van der Waals surface area contributed by atoms with Crippen molar-refractivity contribution in [1.82, 2.24) is 0 Å². The highest BCUT2D eigenvalue weighted by molar-refractivity contribution is 5.33. The maximum absolute atomic E-state index is 2.26. The molecule has 0 aliphatic rings. The zero-order valence-electron chi connectivity index (χ0n) is 10.7. The highest BCUT2D eigenvalue weighted by Gasteiger charge is 2.00. The Balaban J connectivity index is 1.93. The second-order valence-electron chi connectivity index (χ2n) is 4.70. The molecule has 0 spiro atoms. The molecule has 0 heterocycles. The van der Waals surface area contributed by atoms with E-state index in [1.807, 2.05) is 0 Å². The Labute approximate surface area is 104 Å². The first kappa shape index (κ1) is 11.9. The second-order valence-corrected chi connectivity index (χ2v) is 4.70. The lowest BCUT2D eigenvalue weighted by molar-refractivity contribution is 0.815. The molecule has 2 aromatic rings. The number of aryl methyl sites for hydroxylation is 3. The highest BCUT2D eigenvalue weighted by Crippen LogP contribution is 2.15. The molecule has 0 nitrogen and oxygen atoms in total. The van der Waals surface area contributed by atoms with Crippen LogP contribution >= 0.6 is 0 Å². The average Bonchev–Trinajstić information content (AvgIpc) is 2.36. The Kier molecular flexibility index (Phi) is 3.98. The maximum atomic E-state index is 2.26. The number of hydrogen-bond acceptors (Lipinski definition) is 0. The third kappa shape index (κ3) is 3.20. The van der Waals surface area contributed by atoms with Gasteiger partial charge in [-0.15, -0.1) is 0 Å². The minimum atomic E-state index is 1.17. The van der Waals surface area contributed by atoms with Crippen molar-refractivity contribution in [2.24, 2.45) is 0 Å². The van der Waals surface area contributed by atoms with E-state index in [1.54, 1.807) is 0 Å². The molecule has 88 valence electrons. The van der Waals surface area contributed by atoms with Crippen molar-refractivity contribution in [3.63, 3.8) is 0 Å². The van der Waals surface area contributed by atoms with Gasteiger partial charge in [0, 0.05) is 0 Å². The van der Waals surface area contributed by atoms with Gasteiger partial charge in [0.1, 0.15) is 0 Å². The molecule has 0 aliphatic heterocycles. The first-order chi connectivity index (χ1) is 8.27. The summed E-state index contributed by atoms with van der Waals surface area (Å²) in [5, 5.41) is 0. The van der Waals surface area contributed by atoms with Crippen molar-refractivity contribution in [1.29, 1.82) is 0 Å². The van der Waals surface area contributed by atoms with Gasteiger partial charge in [-0.05, 0) is 55.4 Å². The van der Waals surface area contributed by atoms with E-state index in [-0.39, 0.29) is 0 Å². The Hall–Kier alpha value is -1.56. The summed E-state index contributed by atoms with van der Waals surface area (Å²) in [5.41, 5.74) is 5.81. The smallest absolute Gasteiger partial charge is 0.0273 e. The topological polar surface area (TPSA) is 0 Å². The average molecular weight is 224 g/mol. The first-order valence-corrected chi connectivity index (χ1v) is 6.36. The van der Waals surface area contributed by atoms with E-state index < -0.39 is 0 Å². The molecule has 0 radical (unpaired) electrons. The van der Waals surface area contributed by atoms with E-state index in [9.17, 15) is 0 Å². The van der Waals surface area contributed by atoms with Gasteiger partial charge in [-0.3, -0.25) is 0 Å². The van der Waals surface area contributed by atoms with Crippen LogP contribution in [0.1, 0.15) is 28.7 Å². The van der Waals surface area contributed by atoms with Crippen LogP contribution in [0.3, 0.4) is 0 Å². The molecule has 0 N–H and O–H groups in total. The van der Waals surface area contributed by atoms with Gasteiger partial charge >= 0.3 is 0 Å². The molecule has 0 atom stereocenters. The molecule has 0 aromatic heterocycles. The monoisotopic (exact) mass is 224 g/mol. The fourth-order valence-electron chi connectivity index (χ4n) is 2.21. The molecule has 17 heavy (non-hydrogen) atoms. The fraction of sp³-hybridized carbons (Fsp3) is 0.294. The van der Waals surface area contributed by atoms with Crippen LogP contribution in [0.2, 0.25) is 0 Å². The van der Waals surface area contributed by atoms with Crippen LogP contribution in [0.4, 0.5) is 0 Å². The molecule has 0 fully saturated rings. The van der Waals surface area contributed by atoms with Crippen molar-refractivity contribution < 1.29 is 0 Å². The van der Waals surface area contributed by atoms with E-state index in [1.165, 1.54) is 41.5 Å². The predicted molar refractivity (Wildman–Crippen MR) is 74.4 cm³/mol. The molecule has 0 bridgehead atoms. The highest BCUT2D eigenvalue weighted by atomic mass is 14.1. The molecule has 0 unspecified atom stereocenters. The van der Waals surface area contributed by atoms with Gasteiger partial charge in [0.15, 0.2) is 0 Å². The quantitative estimate of drug-likeness (QED) is 0.718. The Morgan fingerprint density at radius 2 is 1.53 bits per heavy atom. The van der Waals surface area contributed by atoms with Crippen molar-refractivity contribution in [2.45, 2.75) is 33.1 Å². The molecule has 0 saturated heterocycles. The van der Waals surface area contributed by atoms with E-state index in [0.717, 1.165) is 0 Å². The van der Waals surface area contributed by atoms with Gasteiger partial charge in [-0.2, -0.15) is 0 Å². The summed E-state index contributed by atoms with van der Waals surface area (Å²) >= 11 is 0. The van der Waals surface area contributed by atoms with Crippen molar-refractivity contribution in [3.8, 4) is 0 Å². The summed E-state index contributed by atoms with van der Waals surface area (Å²) in [4.78, 5) is 0. The maximum Gasteiger partial charge on any atom is -0.0273 e. The molecular weight excluding hydrogens is 204 g/mol. The Morgan fingerprint density at radius 3 is 2.29 bits per heavy atom. The summed E-state index contributed by atoms with van der Waals surface area (Å²) in [6, 6.07) is 17.4. The third-order valence-electron chi connectivity index (χ3n) is 3.47. The molecular formula is C17H20. The minimum absolute atomic E-state index is 1.17. The van der Waals surface area contributed by atoms with Crippen LogP contribution in [-0.4, -0.2) is 0 Å². The van der Waals surface area contributed by atoms with E-state index in [0.29, 0.717) is 0 Å². The third-order valence-corrected chi connectivity index (χ3v) is 3.47. The number of rotatable bonds is 4. The van der Waals surface area contributed by atoms with Crippen LogP contribution in [0.15, 0.2) is 48.5 Å². The normalized spacial score (nSPS) is 10.5. The summed E-state index contributed by atoms with van der Waals surface area (Å²) in [7, 11) is 0. The summed E-state index contributed by atoms with van der Waals surface area (Å²) in [6.45, 7) is 4.42. The Bertz CT molecular complexity index is 469. The van der Waals surface area contributed by atoms with Gasteiger partial charge in [0.25, 0.3) is 0 Å². The summed E-state index contributed by atoms with van der Waals surface area (Å²) < 4.78 is 0. The van der Waals surface area contributed by atoms with Crippen molar-refractivity contribution in [3.05, 3.63) is 70.8 Å². The molecule has 0 heteroatoms. The van der Waals surface area contributed by atoms with Gasteiger partial charge in [0.2, 0.25) is 0 Å². The summed E-state index contributed by atoms with van der Waals surface area (Å²) in [6.07, 6.45) is 3.59. The van der Waals surface area contributed by atoms with Gasteiger partial charge in [-0.25, -0.2) is 0 Å². The van der Waals surface area contributed by atoms with Crippen LogP contribution in [0, 0.1) is 13.8 Å². The van der Waals surface area contributed by atoms with Crippen LogP contribution in [0.25, 0.3) is 0 Å². The number of hydrogen-bond donors (Lipinski definition) is 0. The zero-order valence-corrected chi connectivity index (χ0v) is 10.7. The lowest BCUT2D eigenvalue weighted by atomic mass is 9.98. The van der Waals surface area contributed by atoms with E-state index >= 15 is 0 Å². The molecule has 0 aliphatic carbocycles. The van der Waals surface area contributed by atoms with Crippen molar-refractivity contribution in [2.75, 3.05) is 0 Å². The second kappa shape index (κ2) is 5.67. The van der Waals surface area contributed by atoms with Crippen LogP contribution < -0.4 is 0 Å². The minimum Gasteiger partial charge on any atom is -0.0622 e. The first-order valence-electron chi connectivity index (χ1n) is 6.36. The summed E-state index contributed by atoms with van der Waals surface area (Å²) in [5.74, 6) is 0. The van der Waals surface area contributed by atoms with E-state index in [4.69, 9.17) is 0 Å². The Morgan fingerprint density at radius 1 is 0.765 bits per heavy atom. The van der Waals surface area contributed by atoms with E-state index in [2.05, 4.69) is 62.4 Å². The van der Waals surface area contributed by atoms with Gasteiger partial charge < -0.3 is 0 Å². The largest absolute Gasteiger partial charge is 0.0622 e. The molecule has 0 amide bonds. The zero-order chi connectivity index (χ0) is 12.1. The predicted octanol–water partition coefficient (Wildman–Crippen LogP) is 4.48. The van der Waals surface area contributed by atoms with Crippen LogP contribution in [0.5, 0.6) is 0 Å². The molecule has 2 rings (SSSR count). The lowest BCUT2D eigenvalue weighted by Gasteiger charge is -2.08. The fourth-order valence-corrected chi connectivity index (χ4v) is 2.21. The molecule has 2 aromatic carbocycles. The SMILES string of the molecule is Cc1cccc(CCCc2ccccc2)c1C. The van der Waals surface area contributed by atoms with Gasteiger partial charge in [0.05, 0.1) is 0 Å². The lowest BCUT2D eigenvalue weighted by Crippen LogP contribution is -1.94. The van der Waals surface area contributed by atoms with Crippen molar-refractivity contribution >= 4 is 0 Å². The van der Waals surface area contributed by atoms with Gasteiger partial charge in [-0.1, -0.05) is 48.5 Å². The molecule has 0 saturated carbocycles. The number of benzene rings is 2.